The molecule has 6 heteroatoms. The lowest BCUT2D eigenvalue weighted by molar-refractivity contribution is -0.167. The number of carbonyl (C=O) groups is 3. The van der Waals surface area contributed by atoms with Gasteiger partial charge in [0.2, 0.25) is 0 Å². The van der Waals surface area contributed by atoms with Crippen LogP contribution in [0.1, 0.15) is 297 Å². The highest BCUT2D eigenvalue weighted by molar-refractivity contribution is 5.71. The van der Waals surface area contributed by atoms with E-state index in [1.807, 2.05) is 0 Å². The minimum Gasteiger partial charge on any atom is -0.462 e. The standard InChI is InChI=1S/C74H122O6/c1-4-7-10-13-16-19-21-23-25-27-29-31-33-34-35-36-37-38-39-40-42-43-45-47-49-51-53-55-58-61-64-67-73(76)79-70-71(69-78-72(75)66-63-60-57-18-15-12-9-6-3)80-74(77)68-65-62-59-56-54-52-50-48-46-44-41-32-30-28-26-24-22-20-17-14-11-8-5-2/h7,10,16,19,22-25,28-31,34-35,37-38,40,42,45,47,51,53,71H,4-6,8-9,11-15,17-18,20-21,26-27,32-33,36,39,41,43-44,46,48-50,52,54-70H2,1-3H3/b10-7-,19-16-,24-22-,25-23-,30-28-,31-29-,35-34-,38-37-,42-40-,47-45-,53-51-. The molecular formula is C74H122O6. The third kappa shape index (κ3) is 64.4. The van der Waals surface area contributed by atoms with Crippen molar-refractivity contribution in [2.75, 3.05) is 13.2 Å². The van der Waals surface area contributed by atoms with Gasteiger partial charge in [-0.05, 0) is 122 Å². The predicted octanol–water partition coefficient (Wildman–Crippen LogP) is 22.9. The summed E-state index contributed by atoms with van der Waals surface area (Å²) in [5.41, 5.74) is 0. The topological polar surface area (TPSA) is 78.9 Å². The number of esters is 3. The maximum atomic E-state index is 12.9. The zero-order chi connectivity index (χ0) is 57.8. The summed E-state index contributed by atoms with van der Waals surface area (Å²) in [6.45, 7) is 6.47. The van der Waals surface area contributed by atoms with E-state index in [9.17, 15) is 14.4 Å². The number of carbonyl (C=O) groups excluding carboxylic acids is 3. The van der Waals surface area contributed by atoms with Gasteiger partial charge in [-0.3, -0.25) is 14.4 Å². The van der Waals surface area contributed by atoms with Crippen LogP contribution in [0.5, 0.6) is 0 Å². The van der Waals surface area contributed by atoms with Gasteiger partial charge in [0.1, 0.15) is 13.2 Å². The van der Waals surface area contributed by atoms with Crippen LogP contribution < -0.4 is 0 Å². The summed E-state index contributed by atoms with van der Waals surface area (Å²) in [4.78, 5) is 38.2. The SMILES string of the molecule is CC/C=C\C/C=C\C/C=C\C/C=C\C/C=C\C/C=C\C/C=C\C/C=C\C/C=C\CCCCCC(=O)OCC(COC(=O)CCCCCCCCCC)OC(=O)CCCCCCCCCCCCC/C=C\C/C=C\CCCCCCC. The number of allylic oxidation sites excluding steroid dienone is 22. The zero-order valence-corrected chi connectivity index (χ0v) is 52.0. The maximum absolute atomic E-state index is 12.9. The van der Waals surface area contributed by atoms with Crippen LogP contribution >= 0.6 is 0 Å². The molecule has 0 spiro atoms. The van der Waals surface area contributed by atoms with Gasteiger partial charge < -0.3 is 14.2 Å². The summed E-state index contributed by atoms with van der Waals surface area (Å²) in [5.74, 6) is -0.929. The molecule has 0 amide bonds. The number of rotatable bonds is 59. The molecule has 1 atom stereocenters. The maximum Gasteiger partial charge on any atom is 0.306 e. The fourth-order valence-electron chi connectivity index (χ4n) is 8.94. The average molecular weight is 1110 g/mol. The van der Waals surface area contributed by atoms with E-state index in [1.54, 1.807) is 0 Å². The van der Waals surface area contributed by atoms with Crippen molar-refractivity contribution in [1.29, 1.82) is 0 Å². The Labute approximate surface area is 494 Å². The molecule has 0 aromatic heterocycles. The highest BCUT2D eigenvalue weighted by atomic mass is 16.6. The van der Waals surface area contributed by atoms with Crippen LogP contribution in [0.3, 0.4) is 0 Å². The van der Waals surface area contributed by atoms with E-state index < -0.39 is 6.10 Å². The largest absolute Gasteiger partial charge is 0.462 e. The highest BCUT2D eigenvalue weighted by Crippen LogP contribution is 2.15. The number of hydrogen-bond acceptors (Lipinski definition) is 6. The van der Waals surface area contributed by atoms with Gasteiger partial charge in [0.25, 0.3) is 0 Å². The van der Waals surface area contributed by atoms with Gasteiger partial charge in [0, 0.05) is 19.3 Å². The van der Waals surface area contributed by atoms with Crippen LogP contribution in [-0.2, 0) is 28.6 Å². The Bertz CT molecular complexity index is 1700. The first-order valence-electron chi connectivity index (χ1n) is 33.2. The van der Waals surface area contributed by atoms with Crippen molar-refractivity contribution in [3.8, 4) is 0 Å². The summed E-state index contributed by atoms with van der Waals surface area (Å²) < 4.78 is 16.8. The van der Waals surface area contributed by atoms with Crippen molar-refractivity contribution in [2.45, 2.75) is 303 Å². The van der Waals surface area contributed by atoms with Crippen LogP contribution in [0.15, 0.2) is 134 Å². The number of unbranched alkanes of at least 4 members (excludes halogenated alkanes) is 26. The molecule has 6 nitrogen and oxygen atoms in total. The van der Waals surface area contributed by atoms with E-state index in [0.717, 1.165) is 128 Å². The molecule has 0 fully saturated rings. The second-order valence-electron chi connectivity index (χ2n) is 21.6. The molecule has 0 aliphatic carbocycles. The lowest BCUT2D eigenvalue weighted by Gasteiger charge is -2.18. The molecule has 1 unspecified atom stereocenters. The minimum atomic E-state index is -0.795. The Hall–Kier alpha value is -4.45. The normalized spacial score (nSPS) is 13.0. The molecule has 0 radical (unpaired) electrons. The molecular weight excluding hydrogens is 985 g/mol. The monoisotopic (exact) mass is 1110 g/mol. The Kier molecular flexibility index (Phi) is 63.3. The second kappa shape index (κ2) is 67.1. The molecule has 0 aliphatic heterocycles. The van der Waals surface area contributed by atoms with Crippen LogP contribution in [0.2, 0.25) is 0 Å². The summed E-state index contributed by atoms with van der Waals surface area (Å²) in [6, 6.07) is 0. The molecule has 0 aromatic carbocycles. The first-order chi connectivity index (χ1) is 39.5. The van der Waals surface area contributed by atoms with Crippen LogP contribution in [-0.4, -0.2) is 37.2 Å². The fourth-order valence-corrected chi connectivity index (χ4v) is 8.94. The molecule has 0 heterocycles. The van der Waals surface area contributed by atoms with E-state index in [0.29, 0.717) is 19.3 Å². The third-order valence-corrected chi connectivity index (χ3v) is 13.9. The van der Waals surface area contributed by atoms with Gasteiger partial charge in [0.15, 0.2) is 6.10 Å². The lowest BCUT2D eigenvalue weighted by Crippen LogP contribution is -2.30. The van der Waals surface area contributed by atoms with Gasteiger partial charge >= 0.3 is 17.9 Å². The quantitative estimate of drug-likeness (QED) is 0.0261. The zero-order valence-electron chi connectivity index (χ0n) is 52.0. The van der Waals surface area contributed by atoms with Gasteiger partial charge in [-0.1, -0.05) is 289 Å². The Morgan fingerprint density at radius 1 is 0.263 bits per heavy atom. The molecule has 80 heavy (non-hydrogen) atoms. The van der Waals surface area contributed by atoms with Crippen molar-refractivity contribution in [3.05, 3.63) is 134 Å². The van der Waals surface area contributed by atoms with Crippen molar-refractivity contribution >= 4 is 17.9 Å². The molecule has 454 valence electrons. The van der Waals surface area contributed by atoms with Gasteiger partial charge in [-0.15, -0.1) is 0 Å². The van der Waals surface area contributed by atoms with Gasteiger partial charge in [-0.2, -0.15) is 0 Å². The van der Waals surface area contributed by atoms with E-state index in [4.69, 9.17) is 14.2 Å². The van der Waals surface area contributed by atoms with E-state index in [2.05, 4.69) is 154 Å². The van der Waals surface area contributed by atoms with E-state index >= 15 is 0 Å². The molecule has 0 aromatic rings. The van der Waals surface area contributed by atoms with E-state index in [-0.39, 0.29) is 31.1 Å². The lowest BCUT2D eigenvalue weighted by atomic mass is 10.0. The third-order valence-electron chi connectivity index (χ3n) is 13.9. The molecule has 0 saturated carbocycles. The average Bonchev–Trinajstić information content (AvgIpc) is 3.46. The fraction of sp³-hybridized carbons (Fsp3) is 0.662. The highest BCUT2D eigenvalue weighted by Gasteiger charge is 2.19. The van der Waals surface area contributed by atoms with Crippen LogP contribution in [0.4, 0.5) is 0 Å². The van der Waals surface area contributed by atoms with Crippen molar-refractivity contribution < 1.29 is 28.6 Å². The Morgan fingerprint density at radius 3 is 0.775 bits per heavy atom. The second-order valence-corrected chi connectivity index (χ2v) is 21.6. The molecule has 0 aliphatic rings. The first-order valence-corrected chi connectivity index (χ1v) is 33.2. The Morgan fingerprint density at radius 2 is 0.487 bits per heavy atom. The van der Waals surface area contributed by atoms with Crippen LogP contribution in [0, 0.1) is 0 Å². The van der Waals surface area contributed by atoms with Gasteiger partial charge in [-0.25, -0.2) is 0 Å². The van der Waals surface area contributed by atoms with Gasteiger partial charge in [0.05, 0.1) is 0 Å². The summed E-state index contributed by atoms with van der Waals surface area (Å²) in [6.07, 6.45) is 94.8. The minimum absolute atomic E-state index is 0.0908. The summed E-state index contributed by atoms with van der Waals surface area (Å²) in [7, 11) is 0. The smallest absolute Gasteiger partial charge is 0.306 e. The summed E-state index contributed by atoms with van der Waals surface area (Å²) >= 11 is 0. The Balaban J connectivity index is 4.27. The van der Waals surface area contributed by atoms with Crippen molar-refractivity contribution in [2.24, 2.45) is 0 Å². The van der Waals surface area contributed by atoms with E-state index in [1.165, 1.54) is 128 Å². The first kappa shape index (κ1) is 75.5. The van der Waals surface area contributed by atoms with Crippen LogP contribution in [0.25, 0.3) is 0 Å². The molecule has 0 N–H and O–H groups in total. The summed E-state index contributed by atoms with van der Waals surface area (Å²) in [5, 5.41) is 0. The van der Waals surface area contributed by atoms with Crippen molar-refractivity contribution in [1.82, 2.24) is 0 Å². The van der Waals surface area contributed by atoms with Crippen molar-refractivity contribution in [3.63, 3.8) is 0 Å². The number of ether oxygens (including phenoxy) is 3. The predicted molar refractivity (Wildman–Crippen MR) is 348 cm³/mol. The molecule has 0 rings (SSSR count). The molecule has 0 bridgehead atoms. The number of hydrogen-bond donors (Lipinski definition) is 0. The molecule has 0 saturated heterocycles.